The summed E-state index contributed by atoms with van der Waals surface area (Å²) in [6.07, 6.45) is 1.83. The van der Waals surface area contributed by atoms with E-state index in [-0.39, 0.29) is 0 Å². The molecule has 0 aliphatic carbocycles. The van der Waals surface area contributed by atoms with Gasteiger partial charge in [-0.05, 0) is 19.1 Å². The molecule has 0 atom stereocenters. The molecule has 1 heterocycles. The largest absolute Gasteiger partial charge is 0.252 e. The highest BCUT2D eigenvalue weighted by Crippen LogP contribution is 2.19. The lowest BCUT2D eigenvalue weighted by molar-refractivity contribution is 1.29. The average molecular weight is 220 g/mol. The summed E-state index contributed by atoms with van der Waals surface area (Å²) in [6, 6.07) is 16.3. The fourth-order valence-corrected chi connectivity index (χ4v) is 1.82. The number of hydrogen-bond acceptors (Lipinski definition) is 2. The van der Waals surface area contributed by atoms with Crippen LogP contribution in [0.4, 0.5) is 0 Å². The third-order valence-corrected chi connectivity index (χ3v) is 2.80. The van der Waals surface area contributed by atoms with Gasteiger partial charge in [0.2, 0.25) is 0 Å². The van der Waals surface area contributed by atoms with Gasteiger partial charge in [-0.1, -0.05) is 42.0 Å². The highest BCUT2D eigenvalue weighted by molar-refractivity contribution is 5.76. The Kier molecular flexibility index (Phi) is 2.33. The minimum absolute atomic E-state index is 0.920. The molecule has 3 rings (SSSR count). The Labute approximate surface area is 100.0 Å². The lowest BCUT2D eigenvalue weighted by Crippen LogP contribution is -1.88. The molecule has 0 aliphatic rings. The van der Waals surface area contributed by atoms with Gasteiger partial charge in [0.1, 0.15) is 0 Å². The molecule has 0 fully saturated rings. The third-order valence-electron chi connectivity index (χ3n) is 2.80. The fraction of sp³-hybridized carbons (Fsp3) is 0.0667. The zero-order valence-electron chi connectivity index (χ0n) is 9.59. The third kappa shape index (κ3) is 1.89. The van der Waals surface area contributed by atoms with Crippen molar-refractivity contribution in [3.05, 3.63) is 60.3 Å². The first-order valence-electron chi connectivity index (χ1n) is 5.62. The van der Waals surface area contributed by atoms with Gasteiger partial charge in [-0.25, -0.2) is 4.98 Å². The van der Waals surface area contributed by atoms with E-state index in [9.17, 15) is 0 Å². The second kappa shape index (κ2) is 3.98. The Morgan fingerprint density at radius 2 is 1.53 bits per heavy atom. The number of rotatable bonds is 1. The predicted octanol–water partition coefficient (Wildman–Crippen LogP) is 3.61. The van der Waals surface area contributed by atoms with Crippen molar-refractivity contribution in [1.29, 1.82) is 0 Å². The molecular formula is C15H12N2. The van der Waals surface area contributed by atoms with Gasteiger partial charge in [0, 0.05) is 5.56 Å². The van der Waals surface area contributed by atoms with Gasteiger partial charge in [0.25, 0.3) is 0 Å². The van der Waals surface area contributed by atoms with Crippen LogP contribution in [-0.4, -0.2) is 9.97 Å². The molecule has 0 bridgehead atoms. The van der Waals surface area contributed by atoms with Crippen LogP contribution in [0.2, 0.25) is 0 Å². The molecule has 0 amide bonds. The van der Waals surface area contributed by atoms with Crippen molar-refractivity contribution in [2.75, 3.05) is 0 Å². The molecule has 0 unspecified atom stereocenters. The smallest absolute Gasteiger partial charge is 0.0894 e. The molecule has 0 radical (unpaired) electrons. The number of nitrogens with zero attached hydrogens (tertiary/aromatic N) is 2. The molecule has 0 saturated heterocycles. The lowest BCUT2D eigenvalue weighted by Gasteiger charge is -2.02. The van der Waals surface area contributed by atoms with E-state index in [1.807, 2.05) is 30.5 Å². The topological polar surface area (TPSA) is 25.8 Å². The minimum atomic E-state index is 0.920. The highest BCUT2D eigenvalue weighted by Gasteiger charge is 2.01. The standard InChI is InChI=1S/C15H12N2/c1-11-6-8-12(9-7-11)15-10-16-13-4-2-3-5-14(13)17-15/h2-10H,1H3. The first kappa shape index (κ1) is 9.97. The molecule has 1 aromatic heterocycles. The van der Waals surface area contributed by atoms with Gasteiger partial charge >= 0.3 is 0 Å². The zero-order chi connectivity index (χ0) is 11.7. The second-order valence-electron chi connectivity index (χ2n) is 4.11. The van der Waals surface area contributed by atoms with Crippen molar-refractivity contribution in [2.24, 2.45) is 0 Å². The summed E-state index contributed by atoms with van der Waals surface area (Å²) in [5.74, 6) is 0. The van der Waals surface area contributed by atoms with Gasteiger partial charge in [0.15, 0.2) is 0 Å². The number of benzene rings is 2. The summed E-state index contributed by atoms with van der Waals surface area (Å²) in [5, 5.41) is 0. The minimum Gasteiger partial charge on any atom is -0.252 e. The molecule has 0 aliphatic heterocycles. The molecule has 17 heavy (non-hydrogen) atoms. The summed E-state index contributed by atoms with van der Waals surface area (Å²) in [7, 11) is 0. The molecule has 0 saturated carbocycles. The number of aromatic nitrogens is 2. The second-order valence-corrected chi connectivity index (χ2v) is 4.11. The van der Waals surface area contributed by atoms with E-state index in [0.717, 1.165) is 22.3 Å². The Balaban J connectivity index is 2.14. The van der Waals surface area contributed by atoms with Gasteiger partial charge in [-0.3, -0.25) is 4.98 Å². The maximum Gasteiger partial charge on any atom is 0.0894 e. The van der Waals surface area contributed by atoms with E-state index in [1.165, 1.54) is 5.56 Å². The van der Waals surface area contributed by atoms with E-state index < -0.39 is 0 Å². The van der Waals surface area contributed by atoms with Crippen LogP contribution in [0.3, 0.4) is 0 Å². The van der Waals surface area contributed by atoms with Crippen LogP contribution in [0.5, 0.6) is 0 Å². The van der Waals surface area contributed by atoms with Crippen LogP contribution in [0.15, 0.2) is 54.7 Å². The summed E-state index contributed by atoms with van der Waals surface area (Å²) < 4.78 is 0. The Hall–Kier alpha value is -2.22. The summed E-state index contributed by atoms with van der Waals surface area (Å²) in [6.45, 7) is 2.08. The number of hydrogen-bond donors (Lipinski definition) is 0. The zero-order valence-corrected chi connectivity index (χ0v) is 9.59. The van der Waals surface area contributed by atoms with Crippen molar-refractivity contribution < 1.29 is 0 Å². The van der Waals surface area contributed by atoms with E-state index in [0.29, 0.717) is 0 Å². The van der Waals surface area contributed by atoms with Gasteiger partial charge in [0.05, 0.1) is 22.9 Å². The maximum atomic E-state index is 4.61. The first-order valence-corrected chi connectivity index (χ1v) is 5.62. The monoisotopic (exact) mass is 220 g/mol. The molecule has 2 heteroatoms. The van der Waals surface area contributed by atoms with Crippen molar-refractivity contribution in [3.8, 4) is 11.3 Å². The SMILES string of the molecule is Cc1ccc(-c2cnc3ccccc3n2)cc1. The van der Waals surface area contributed by atoms with Crippen LogP contribution in [0.1, 0.15) is 5.56 Å². The molecule has 82 valence electrons. The number of para-hydroxylation sites is 2. The van der Waals surface area contributed by atoms with Crippen LogP contribution in [-0.2, 0) is 0 Å². The summed E-state index contributed by atoms with van der Waals surface area (Å²) >= 11 is 0. The van der Waals surface area contributed by atoms with Crippen molar-refractivity contribution in [3.63, 3.8) is 0 Å². The van der Waals surface area contributed by atoms with E-state index in [4.69, 9.17) is 0 Å². The van der Waals surface area contributed by atoms with Crippen molar-refractivity contribution in [2.45, 2.75) is 6.92 Å². The number of fused-ring (bicyclic) bond motifs is 1. The molecule has 0 N–H and O–H groups in total. The fourth-order valence-electron chi connectivity index (χ4n) is 1.82. The predicted molar refractivity (Wildman–Crippen MR) is 69.7 cm³/mol. The van der Waals surface area contributed by atoms with Crippen molar-refractivity contribution >= 4 is 11.0 Å². The van der Waals surface area contributed by atoms with Crippen LogP contribution >= 0.6 is 0 Å². The van der Waals surface area contributed by atoms with Gasteiger partial charge in [-0.2, -0.15) is 0 Å². The molecule has 2 aromatic carbocycles. The van der Waals surface area contributed by atoms with Crippen LogP contribution in [0.25, 0.3) is 22.3 Å². The summed E-state index contributed by atoms with van der Waals surface area (Å²) in [4.78, 5) is 9.03. The van der Waals surface area contributed by atoms with Crippen LogP contribution < -0.4 is 0 Å². The molecular weight excluding hydrogens is 208 g/mol. The summed E-state index contributed by atoms with van der Waals surface area (Å²) in [5.41, 5.74) is 5.15. The Bertz CT molecular complexity index is 657. The van der Waals surface area contributed by atoms with Crippen molar-refractivity contribution in [1.82, 2.24) is 9.97 Å². The van der Waals surface area contributed by atoms with E-state index in [1.54, 1.807) is 0 Å². The first-order chi connectivity index (χ1) is 8.33. The van der Waals surface area contributed by atoms with E-state index >= 15 is 0 Å². The Morgan fingerprint density at radius 1 is 0.824 bits per heavy atom. The van der Waals surface area contributed by atoms with Crippen LogP contribution in [0, 0.1) is 6.92 Å². The van der Waals surface area contributed by atoms with E-state index in [2.05, 4.69) is 41.2 Å². The average Bonchev–Trinajstić information content (AvgIpc) is 2.39. The maximum absolute atomic E-state index is 4.61. The molecule has 3 aromatic rings. The van der Waals surface area contributed by atoms with Gasteiger partial charge < -0.3 is 0 Å². The highest BCUT2D eigenvalue weighted by atomic mass is 14.8. The normalized spacial score (nSPS) is 10.6. The molecule has 2 nitrogen and oxygen atoms in total. The number of aryl methyl sites for hydroxylation is 1. The Morgan fingerprint density at radius 3 is 2.29 bits per heavy atom. The van der Waals surface area contributed by atoms with Gasteiger partial charge in [-0.15, -0.1) is 0 Å². The quantitative estimate of drug-likeness (QED) is 0.626. The molecule has 0 spiro atoms. The lowest BCUT2D eigenvalue weighted by atomic mass is 10.1.